The van der Waals surface area contributed by atoms with Crippen molar-refractivity contribution in [3.05, 3.63) is 59.2 Å². The maximum absolute atomic E-state index is 13.2. The molecule has 5 rings (SSSR count). The Balaban J connectivity index is 1.37. The smallest absolute Gasteiger partial charge is 0.238 e. The zero-order valence-electron chi connectivity index (χ0n) is 17.3. The number of aryl methyl sites for hydroxylation is 2. The van der Waals surface area contributed by atoms with Crippen molar-refractivity contribution >= 4 is 23.3 Å². The Morgan fingerprint density at radius 1 is 0.967 bits per heavy atom. The number of amides is 2. The fraction of sp³-hybridized carbons (Fsp3) is 0.400. The van der Waals surface area contributed by atoms with E-state index < -0.39 is 0 Å². The highest BCUT2D eigenvalue weighted by Gasteiger charge is 2.61. The molecule has 1 saturated heterocycles. The Morgan fingerprint density at radius 3 is 2.30 bits per heavy atom. The van der Waals surface area contributed by atoms with Gasteiger partial charge in [0.05, 0.1) is 17.5 Å². The van der Waals surface area contributed by atoms with E-state index in [0.717, 1.165) is 30.4 Å². The van der Waals surface area contributed by atoms with Crippen molar-refractivity contribution < 1.29 is 19.1 Å². The number of Topliss-reactive ketones (excluding diaryl/α,β-unsaturated/α-hetero) is 1. The van der Waals surface area contributed by atoms with E-state index in [0.29, 0.717) is 28.8 Å². The molecule has 2 aromatic carbocycles. The molecule has 0 radical (unpaired) electrons. The van der Waals surface area contributed by atoms with Gasteiger partial charge in [-0.2, -0.15) is 0 Å². The molecule has 2 saturated carbocycles. The minimum absolute atomic E-state index is 0.103. The number of ether oxygens (including phenoxy) is 1. The van der Waals surface area contributed by atoms with Crippen molar-refractivity contribution in [2.24, 2.45) is 23.7 Å². The van der Waals surface area contributed by atoms with Crippen LogP contribution >= 0.6 is 0 Å². The third-order valence-corrected chi connectivity index (χ3v) is 7.22. The number of nitrogens with zero attached hydrogens (tertiary/aromatic N) is 1. The lowest BCUT2D eigenvalue weighted by atomic mass is 9.81. The van der Waals surface area contributed by atoms with E-state index in [4.69, 9.17) is 4.74 Å². The van der Waals surface area contributed by atoms with Crippen molar-refractivity contribution in [1.29, 1.82) is 0 Å². The Hall–Kier alpha value is -2.95. The summed E-state index contributed by atoms with van der Waals surface area (Å²) < 4.78 is 5.83. The summed E-state index contributed by atoms with van der Waals surface area (Å²) >= 11 is 0. The van der Waals surface area contributed by atoms with Gasteiger partial charge in [-0.3, -0.25) is 14.4 Å². The predicted octanol–water partition coefficient (Wildman–Crippen LogP) is 4.10. The Labute approximate surface area is 176 Å². The molecule has 0 aromatic heterocycles. The lowest BCUT2D eigenvalue weighted by Crippen LogP contribution is -2.33. The van der Waals surface area contributed by atoms with Crippen molar-refractivity contribution in [2.45, 2.75) is 33.1 Å². The highest BCUT2D eigenvalue weighted by Crippen LogP contribution is 2.57. The van der Waals surface area contributed by atoms with E-state index in [1.165, 1.54) is 4.90 Å². The van der Waals surface area contributed by atoms with Crippen LogP contribution in [0.2, 0.25) is 0 Å². The van der Waals surface area contributed by atoms with E-state index in [2.05, 4.69) is 0 Å². The van der Waals surface area contributed by atoms with Crippen molar-refractivity contribution in [2.75, 3.05) is 11.5 Å². The van der Waals surface area contributed by atoms with Gasteiger partial charge in [0, 0.05) is 5.56 Å². The van der Waals surface area contributed by atoms with Gasteiger partial charge >= 0.3 is 0 Å². The largest absolute Gasteiger partial charge is 0.483 e. The second kappa shape index (κ2) is 7.08. The Morgan fingerprint density at radius 2 is 1.63 bits per heavy atom. The van der Waals surface area contributed by atoms with Crippen molar-refractivity contribution in [1.82, 2.24) is 0 Å². The van der Waals surface area contributed by atoms with E-state index >= 15 is 0 Å². The zero-order valence-corrected chi connectivity index (χ0v) is 17.3. The maximum atomic E-state index is 13.2. The van der Waals surface area contributed by atoms with Crippen molar-refractivity contribution in [3.63, 3.8) is 0 Å². The SMILES string of the molecule is Cc1ccc(C(=O)COc2ccccc2N2C(=O)C3C4CCC(C4)C3C2=O)cc1C. The molecule has 1 heterocycles. The molecule has 2 amide bonds. The van der Waals surface area contributed by atoms with Gasteiger partial charge in [0.1, 0.15) is 5.75 Å². The van der Waals surface area contributed by atoms with Gasteiger partial charge in [0.2, 0.25) is 11.8 Å². The molecule has 3 fully saturated rings. The molecule has 2 aromatic rings. The monoisotopic (exact) mass is 403 g/mol. The fourth-order valence-electron chi connectivity index (χ4n) is 5.55. The number of anilines is 1. The molecule has 3 aliphatic rings. The number of para-hydroxylation sites is 2. The summed E-state index contributed by atoms with van der Waals surface area (Å²) in [5, 5.41) is 0. The van der Waals surface area contributed by atoms with Gasteiger partial charge in [0.15, 0.2) is 12.4 Å². The number of hydrogen-bond donors (Lipinski definition) is 0. The summed E-state index contributed by atoms with van der Waals surface area (Å²) in [7, 11) is 0. The highest BCUT2D eigenvalue weighted by atomic mass is 16.5. The molecule has 0 spiro atoms. The normalized spacial score (nSPS) is 26.9. The first-order chi connectivity index (χ1) is 14.5. The number of benzene rings is 2. The summed E-state index contributed by atoms with van der Waals surface area (Å²) in [5.74, 6) is 0.359. The number of ketones is 1. The van der Waals surface area contributed by atoms with E-state index in [-0.39, 0.29) is 36.0 Å². The number of fused-ring (bicyclic) bond motifs is 5. The van der Waals surface area contributed by atoms with Crippen LogP contribution < -0.4 is 9.64 Å². The highest BCUT2D eigenvalue weighted by molar-refractivity contribution is 6.23. The summed E-state index contributed by atoms with van der Waals surface area (Å²) in [4.78, 5) is 40.2. The summed E-state index contributed by atoms with van der Waals surface area (Å²) in [6.45, 7) is 3.83. The first kappa shape index (κ1) is 19.0. The number of imide groups is 1. The van der Waals surface area contributed by atoms with Gasteiger partial charge in [0.25, 0.3) is 0 Å². The molecule has 1 aliphatic heterocycles. The fourth-order valence-corrected chi connectivity index (χ4v) is 5.55. The third-order valence-electron chi connectivity index (χ3n) is 7.22. The van der Waals surface area contributed by atoms with Crippen LogP contribution in [-0.2, 0) is 9.59 Å². The van der Waals surface area contributed by atoms with Crippen LogP contribution in [-0.4, -0.2) is 24.2 Å². The van der Waals surface area contributed by atoms with Crippen LogP contribution in [0.3, 0.4) is 0 Å². The second-order valence-corrected chi connectivity index (χ2v) is 8.88. The molecule has 5 heteroatoms. The first-order valence-corrected chi connectivity index (χ1v) is 10.7. The lowest BCUT2D eigenvalue weighted by Gasteiger charge is -2.20. The Kier molecular flexibility index (Phi) is 4.49. The number of rotatable bonds is 5. The average Bonchev–Trinajstić information content (AvgIpc) is 3.42. The van der Waals surface area contributed by atoms with Crippen LogP contribution in [0.5, 0.6) is 5.75 Å². The molecular formula is C25H25NO4. The number of carbonyl (C=O) groups is 3. The van der Waals surface area contributed by atoms with Crippen LogP contribution in [0.25, 0.3) is 0 Å². The second-order valence-electron chi connectivity index (χ2n) is 8.88. The molecule has 4 atom stereocenters. The molecular weight excluding hydrogens is 378 g/mol. The standard InChI is InChI=1S/C25H25NO4/c1-14-7-8-16(11-15(14)2)20(27)13-30-21-6-4-3-5-19(21)26-24(28)22-17-9-10-18(12-17)23(22)25(26)29/h3-8,11,17-18,22-23H,9-10,12-13H2,1-2H3. The van der Waals surface area contributed by atoms with E-state index in [1.807, 2.05) is 26.0 Å². The average molecular weight is 403 g/mol. The van der Waals surface area contributed by atoms with Gasteiger partial charge < -0.3 is 4.74 Å². The summed E-state index contributed by atoms with van der Waals surface area (Å²) in [6, 6.07) is 12.6. The summed E-state index contributed by atoms with van der Waals surface area (Å²) in [6.07, 6.45) is 3.09. The minimum Gasteiger partial charge on any atom is -0.483 e. The zero-order chi connectivity index (χ0) is 21.0. The van der Waals surface area contributed by atoms with Crippen LogP contribution in [0.15, 0.2) is 42.5 Å². The third kappa shape index (κ3) is 2.87. The topological polar surface area (TPSA) is 63.7 Å². The van der Waals surface area contributed by atoms with Gasteiger partial charge in [-0.1, -0.05) is 24.3 Å². The van der Waals surface area contributed by atoms with Crippen molar-refractivity contribution in [3.8, 4) is 5.75 Å². The van der Waals surface area contributed by atoms with Gasteiger partial charge in [-0.05, 0) is 74.3 Å². The molecule has 2 bridgehead atoms. The molecule has 2 aliphatic carbocycles. The number of carbonyl (C=O) groups excluding carboxylic acids is 3. The lowest BCUT2D eigenvalue weighted by molar-refractivity contribution is -0.123. The molecule has 0 N–H and O–H groups in total. The maximum Gasteiger partial charge on any atom is 0.238 e. The van der Waals surface area contributed by atoms with E-state index in [9.17, 15) is 14.4 Å². The predicted molar refractivity (Wildman–Crippen MR) is 112 cm³/mol. The first-order valence-electron chi connectivity index (χ1n) is 10.7. The quantitative estimate of drug-likeness (QED) is 0.557. The van der Waals surface area contributed by atoms with Crippen LogP contribution in [0, 0.1) is 37.5 Å². The van der Waals surface area contributed by atoms with E-state index in [1.54, 1.807) is 30.3 Å². The summed E-state index contributed by atoms with van der Waals surface area (Å²) in [5.41, 5.74) is 3.23. The van der Waals surface area contributed by atoms with Crippen LogP contribution in [0.1, 0.15) is 40.7 Å². The van der Waals surface area contributed by atoms with Crippen LogP contribution in [0.4, 0.5) is 5.69 Å². The molecule has 5 nitrogen and oxygen atoms in total. The molecule has 4 unspecified atom stereocenters. The Bertz CT molecular complexity index is 1030. The number of hydrogen-bond acceptors (Lipinski definition) is 4. The molecule has 30 heavy (non-hydrogen) atoms. The molecule has 154 valence electrons. The van der Waals surface area contributed by atoms with Gasteiger partial charge in [-0.25, -0.2) is 4.90 Å². The minimum atomic E-state index is -0.179. The van der Waals surface area contributed by atoms with Gasteiger partial charge in [-0.15, -0.1) is 0 Å².